The number of piperidine rings is 1. The van der Waals surface area contributed by atoms with Crippen LogP contribution in [0.5, 0.6) is 0 Å². The molecule has 1 aliphatic heterocycles. The van der Waals surface area contributed by atoms with Crippen molar-refractivity contribution >= 4 is 5.91 Å². The fourth-order valence-corrected chi connectivity index (χ4v) is 3.23. The van der Waals surface area contributed by atoms with Crippen molar-refractivity contribution in [2.45, 2.75) is 44.6 Å². The van der Waals surface area contributed by atoms with Crippen molar-refractivity contribution in [2.75, 3.05) is 13.1 Å². The Labute approximate surface area is 97.7 Å². The maximum atomic E-state index is 11.9. The molecular weight excluding hydrogens is 200 g/mol. The van der Waals surface area contributed by atoms with Gasteiger partial charge in [-0.1, -0.05) is 25.5 Å². The molecule has 1 fully saturated rings. The lowest BCUT2D eigenvalue weighted by Gasteiger charge is -2.47. The van der Waals surface area contributed by atoms with Crippen LogP contribution in [0.2, 0.25) is 0 Å². The highest BCUT2D eigenvalue weighted by atomic mass is 16.1. The first-order valence-corrected chi connectivity index (χ1v) is 6.39. The van der Waals surface area contributed by atoms with Crippen molar-refractivity contribution in [3.8, 4) is 0 Å². The van der Waals surface area contributed by atoms with Crippen LogP contribution in [-0.4, -0.2) is 29.4 Å². The molecule has 0 saturated carbocycles. The Bertz CT molecular complexity index is 294. The van der Waals surface area contributed by atoms with Crippen LogP contribution in [0.1, 0.15) is 39.0 Å². The van der Waals surface area contributed by atoms with E-state index in [1.165, 1.54) is 19.3 Å². The van der Waals surface area contributed by atoms with E-state index in [1.807, 2.05) is 0 Å². The minimum atomic E-state index is -0.408. The lowest BCUT2D eigenvalue weighted by Crippen LogP contribution is -2.62. The molecule has 2 N–H and O–H groups in total. The first-order chi connectivity index (χ1) is 7.68. The van der Waals surface area contributed by atoms with Gasteiger partial charge in [0.1, 0.15) is 5.54 Å². The third-order valence-corrected chi connectivity index (χ3v) is 4.22. The number of hydrogen-bond donors (Lipinski definition) is 1. The van der Waals surface area contributed by atoms with E-state index in [1.54, 1.807) is 0 Å². The van der Waals surface area contributed by atoms with Crippen LogP contribution in [-0.2, 0) is 4.79 Å². The van der Waals surface area contributed by atoms with Gasteiger partial charge in [0, 0.05) is 5.92 Å². The van der Waals surface area contributed by atoms with Crippen molar-refractivity contribution < 1.29 is 4.79 Å². The summed E-state index contributed by atoms with van der Waals surface area (Å²) in [5, 5.41) is 0. The van der Waals surface area contributed by atoms with Gasteiger partial charge in [0.25, 0.3) is 0 Å². The standard InChI is InChI=1S/C13H22N2O/c1-11-7-3-4-8-13(11,12(14)16)15-9-5-2-6-10-15/h3,7,11H,2,4-6,8-10H2,1H3,(H2,14,16)/t11?,13-/m0/s1. The number of carbonyl (C=O) groups excluding carboxylic acids is 1. The molecule has 1 aliphatic carbocycles. The van der Waals surface area contributed by atoms with Crippen molar-refractivity contribution in [3.05, 3.63) is 12.2 Å². The Balaban J connectivity index is 2.26. The number of hydrogen-bond acceptors (Lipinski definition) is 2. The highest BCUT2D eigenvalue weighted by Gasteiger charge is 2.46. The average molecular weight is 222 g/mol. The maximum absolute atomic E-state index is 11.9. The Hall–Kier alpha value is -0.830. The molecule has 0 radical (unpaired) electrons. The Morgan fingerprint density at radius 2 is 2.06 bits per heavy atom. The number of carbonyl (C=O) groups is 1. The van der Waals surface area contributed by atoms with Crippen LogP contribution in [0.4, 0.5) is 0 Å². The highest BCUT2D eigenvalue weighted by molar-refractivity contribution is 5.85. The molecule has 1 saturated heterocycles. The zero-order valence-corrected chi connectivity index (χ0v) is 10.1. The van der Waals surface area contributed by atoms with E-state index in [9.17, 15) is 4.79 Å². The van der Waals surface area contributed by atoms with Crippen molar-refractivity contribution in [3.63, 3.8) is 0 Å². The van der Waals surface area contributed by atoms with Gasteiger partial charge in [-0.25, -0.2) is 0 Å². The van der Waals surface area contributed by atoms with Crippen LogP contribution in [0, 0.1) is 5.92 Å². The Kier molecular flexibility index (Phi) is 3.33. The predicted molar refractivity (Wildman–Crippen MR) is 64.9 cm³/mol. The molecule has 1 amide bonds. The molecular formula is C13H22N2O. The van der Waals surface area contributed by atoms with Gasteiger partial charge >= 0.3 is 0 Å². The molecule has 0 aromatic rings. The van der Waals surface area contributed by atoms with Gasteiger partial charge in [-0.3, -0.25) is 9.69 Å². The van der Waals surface area contributed by atoms with Gasteiger partial charge in [0.15, 0.2) is 0 Å². The van der Waals surface area contributed by atoms with Crippen LogP contribution in [0.3, 0.4) is 0 Å². The molecule has 1 unspecified atom stereocenters. The summed E-state index contributed by atoms with van der Waals surface area (Å²) in [4.78, 5) is 14.3. The second-order valence-electron chi connectivity index (χ2n) is 5.09. The lowest BCUT2D eigenvalue weighted by atomic mass is 9.74. The number of likely N-dealkylation sites (tertiary alicyclic amines) is 1. The van der Waals surface area contributed by atoms with Gasteiger partial charge in [-0.2, -0.15) is 0 Å². The SMILES string of the molecule is CC1C=CCC[C@]1(C(N)=O)N1CCCCC1. The highest BCUT2D eigenvalue weighted by Crippen LogP contribution is 2.36. The number of primary amides is 1. The first kappa shape index (κ1) is 11.6. The van der Waals surface area contributed by atoms with Crippen LogP contribution >= 0.6 is 0 Å². The summed E-state index contributed by atoms with van der Waals surface area (Å²) >= 11 is 0. The minimum absolute atomic E-state index is 0.133. The van der Waals surface area contributed by atoms with Crippen molar-refractivity contribution in [2.24, 2.45) is 11.7 Å². The summed E-state index contributed by atoms with van der Waals surface area (Å²) in [6.07, 6.45) is 9.88. The molecule has 0 aromatic heterocycles. The summed E-state index contributed by atoms with van der Waals surface area (Å²) in [5.41, 5.74) is 5.30. The molecule has 0 aromatic carbocycles. The van der Waals surface area contributed by atoms with E-state index in [4.69, 9.17) is 5.73 Å². The van der Waals surface area contributed by atoms with Crippen LogP contribution in [0.15, 0.2) is 12.2 Å². The quantitative estimate of drug-likeness (QED) is 0.723. The van der Waals surface area contributed by atoms with Crippen LogP contribution in [0.25, 0.3) is 0 Å². The number of rotatable bonds is 2. The number of allylic oxidation sites excluding steroid dienone is 1. The van der Waals surface area contributed by atoms with Crippen LogP contribution < -0.4 is 5.73 Å². The van der Waals surface area contributed by atoms with E-state index in [0.29, 0.717) is 0 Å². The molecule has 1 heterocycles. The zero-order valence-electron chi connectivity index (χ0n) is 10.1. The van der Waals surface area contributed by atoms with E-state index in [2.05, 4.69) is 24.0 Å². The number of amides is 1. The van der Waals surface area contributed by atoms with Gasteiger partial charge in [0.2, 0.25) is 5.91 Å². The lowest BCUT2D eigenvalue weighted by molar-refractivity contribution is -0.134. The number of nitrogens with zero attached hydrogens (tertiary/aromatic N) is 1. The summed E-state index contributed by atoms with van der Waals surface area (Å²) in [6.45, 7) is 4.18. The molecule has 2 aliphatic rings. The maximum Gasteiger partial charge on any atom is 0.238 e. The summed E-state index contributed by atoms with van der Waals surface area (Å²) in [7, 11) is 0. The van der Waals surface area contributed by atoms with E-state index in [-0.39, 0.29) is 11.8 Å². The Morgan fingerprint density at radius 1 is 1.38 bits per heavy atom. The molecule has 0 spiro atoms. The molecule has 16 heavy (non-hydrogen) atoms. The van der Waals surface area contributed by atoms with Crippen molar-refractivity contribution in [1.82, 2.24) is 4.90 Å². The van der Waals surface area contributed by atoms with Gasteiger partial charge < -0.3 is 5.73 Å². The van der Waals surface area contributed by atoms with E-state index >= 15 is 0 Å². The minimum Gasteiger partial charge on any atom is -0.368 e. The molecule has 90 valence electrons. The largest absolute Gasteiger partial charge is 0.368 e. The zero-order chi connectivity index (χ0) is 11.6. The van der Waals surface area contributed by atoms with Gasteiger partial charge in [-0.15, -0.1) is 0 Å². The summed E-state index contributed by atoms with van der Waals surface area (Å²) < 4.78 is 0. The molecule has 2 atom stereocenters. The Morgan fingerprint density at radius 3 is 2.62 bits per heavy atom. The first-order valence-electron chi connectivity index (χ1n) is 6.39. The third-order valence-electron chi connectivity index (χ3n) is 4.22. The summed E-state index contributed by atoms with van der Waals surface area (Å²) in [5.74, 6) is 0.114. The topological polar surface area (TPSA) is 46.3 Å². The fraction of sp³-hybridized carbons (Fsp3) is 0.769. The second-order valence-corrected chi connectivity index (χ2v) is 5.09. The van der Waals surface area contributed by atoms with Gasteiger partial charge in [0.05, 0.1) is 0 Å². The molecule has 3 heteroatoms. The summed E-state index contributed by atoms with van der Waals surface area (Å²) in [6, 6.07) is 0. The van der Waals surface area contributed by atoms with Gasteiger partial charge in [-0.05, 0) is 38.8 Å². The fourth-order valence-electron chi connectivity index (χ4n) is 3.23. The van der Waals surface area contributed by atoms with Crippen molar-refractivity contribution in [1.29, 1.82) is 0 Å². The smallest absolute Gasteiger partial charge is 0.238 e. The second kappa shape index (κ2) is 4.58. The van der Waals surface area contributed by atoms with E-state index in [0.717, 1.165) is 25.9 Å². The molecule has 0 bridgehead atoms. The molecule has 2 rings (SSSR count). The van der Waals surface area contributed by atoms with E-state index < -0.39 is 5.54 Å². The molecule has 3 nitrogen and oxygen atoms in total. The normalized spacial score (nSPS) is 36.2. The average Bonchev–Trinajstić information content (AvgIpc) is 2.30. The monoisotopic (exact) mass is 222 g/mol. The predicted octanol–water partition coefficient (Wildman–Crippen LogP) is 1.68. The third kappa shape index (κ3) is 1.77. The number of nitrogens with two attached hydrogens (primary N) is 1.